The van der Waals surface area contributed by atoms with Crippen LogP contribution in [-0.2, 0) is 16.1 Å². The molecular formula is C31H32ClF6N3O5. The minimum atomic E-state index is -4.66. The molecule has 3 fully saturated rings. The number of rotatable bonds is 9. The maximum absolute atomic E-state index is 13.4. The van der Waals surface area contributed by atoms with Crippen molar-refractivity contribution in [2.45, 2.75) is 76.0 Å². The van der Waals surface area contributed by atoms with Crippen LogP contribution in [0.1, 0.15) is 71.2 Å². The van der Waals surface area contributed by atoms with Crippen LogP contribution in [0, 0.1) is 11.3 Å². The number of alkyl halides is 6. The fourth-order valence-corrected chi connectivity index (χ4v) is 5.88. The molecule has 3 amide bonds. The average Bonchev–Trinajstić information content (AvgIpc) is 3.68. The van der Waals surface area contributed by atoms with Crippen LogP contribution < -0.4 is 20.7 Å². The normalized spacial score (nSPS) is 22.5. The van der Waals surface area contributed by atoms with E-state index in [1.54, 1.807) is 0 Å². The molecule has 0 radical (unpaired) electrons. The lowest BCUT2D eigenvalue weighted by atomic mass is 9.85. The van der Waals surface area contributed by atoms with Gasteiger partial charge < -0.3 is 25.4 Å². The van der Waals surface area contributed by atoms with Crippen LogP contribution >= 0.6 is 11.6 Å². The van der Waals surface area contributed by atoms with E-state index in [2.05, 4.69) is 16.0 Å². The summed E-state index contributed by atoms with van der Waals surface area (Å²) >= 11 is 6.25. The molecule has 15 heteroatoms. The summed E-state index contributed by atoms with van der Waals surface area (Å²) in [6, 6.07) is 8.08. The van der Waals surface area contributed by atoms with Crippen LogP contribution in [0.3, 0.4) is 0 Å². The quantitative estimate of drug-likeness (QED) is 0.261. The first kappa shape index (κ1) is 33.8. The van der Waals surface area contributed by atoms with E-state index in [1.165, 1.54) is 36.4 Å². The standard InChI is InChI=1S/C31H32ClF6N3O5/c32-24-7-1-17(15-39-28(44)29(10-11-29)31(36,37)38)13-22(24)26(42)41-20-6-8-25(46-21-9-12-45-16-21)23(14-20)27(43)40-19-4-2-18(3-5-19)30(33,34)35/h1,6-8,13-14,18-19,21H,2-5,9-12,15-16H2,(H,39,44)(H,40,43)(H,41,42). The summed E-state index contributed by atoms with van der Waals surface area (Å²) in [6.07, 6.45) is -9.11. The second-order valence-corrected chi connectivity index (χ2v) is 12.3. The molecule has 1 atom stereocenters. The number of halogens is 7. The minimum Gasteiger partial charge on any atom is -0.487 e. The highest BCUT2D eigenvalue weighted by atomic mass is 35.5. The van der Waals surface area contributed by atoms with Crippen molar-refractivity contribution in [3.8, 4) is 5.75 Å². The Kier molecular flexibility index (Phi) is 9.78. The molecule has 3 N–H and O–H groups in total. The van der Waals surface area contributed by atoms with Crippen LogP contribution in [0.2, 0.25) is 5.02 Å². The van der Waals surface area contributed by atoms with Gasteiger partial charge in [0.25, 0.3) is 11.8 Å². The molecule has 2 aliphatic carbocycles. The van der Waals surface area contributed by atoms with Gasteiger partial charge in [0.2, 0.25) is 5.91 Å². The molecule has 0 bridgehead atoms. The smallest absolute Gasteiger partial charge is 0.403 e. The number of nitrogens with one attached hydrogen (secondary N) is 3. The molecule has 1 saturated heterocycles. The Hall–Kier alpha value is -3.52. The van der Waals surface area contributed by atoms with Crippen LogP contribution in [0.4, 0.5) is 32.0 Å². The predicted octanol–water partition coefficient (Wildman–Crippen LogP) is 6.57. The van der Waals surface area contributed by atoms with E-state index < -0.39 is 47.4 Å². The molecule has 250 valence electrons. The largest absolute Gasteiger partial charge is 0.487 e. The molecule has 1 aliphatic heterocycles. The highest BCUT2D eigenvalue weighted by Crippen LogP contribution is 2.57. The molecule has 2 aromatic carbocycles. The van der Waals surface area contributed by atoms with E-state index in [1.807, 2.05) is 0 Å². The van der Waals surface area contributed by atoms with Crippen molar-refractivity contribution in [1.82, 2.24) is 10.6 Å². The Labute approximate surface area is 265 Å². The molecule has 1 unspecified atom stereocenters. The summed E-state index contributed by atoms with van der Waals surface area (Å²) in [5, 5.41) is 7.76. The summed E-state index contributed by atoms with van der Waals surface area (Å²) in [6.45, 7) is 0.531. The molecule has 3 aliphatic rings. The average molecular weight is 676 g/mol. The minimum absolute atomic E-state index is 0.0266. The number of amides is 3. The topological polar surface area (TPSA) is 106 Å². The van der Waals surface area contributed by atoms with Gasteiger partial charge in [0.05, 0.1) is 35.3 Å². The Morgan fingerprint density at radius 2 is 1.63 bits per heavy atom. The molecule has 46 heavy (non-hydrogen) atoms. The third-order valence-corrected chi connectivity index (χ3v) is 8.97. The molecule has 2 saturated carbocycles. The van der Waals surface area contributed by atoms with Crippen LogP contribution in [-0.4, -0.2) is 55.4 Å². The summed E-state index contributed by atoms with van der Waals surface area (Å²) in [5.74, 6) is -3.60. The first-order chi connectivity index (χ1) is 21.7. The highest BCUT2D eigenvalue weighted by Gasteiger charge is 2.68. The van der Waals surface area contributed by atoms with Crippen molar-refractivity contribution in [3.05, 3.63) is 58.1 Å². The van der Waals surface area contributed by atoms with E-state index in [0.717, 1.165) is 0 Å². The van der Waals surface area contributed by atoms with E-state index >= 15 is 0 Å². The van der Waals surface area contributed by atoms with Crippen molar-refractivity contribution in [3.63, 3.8) is 0 Å². The van der Waals surface area contributed by atoms with Crippen molar-refractivity contribution in [2.75, 3.05) is 18.5 Å². The maximum atomic E-state index is 13.4. The van der Waals surface area contributed by atoms with Crippen molar-refractivity contribution in [1.29, 1.82) is 0 Å². The van der Waals surface area contributed by atoms with Crippen LogP contribution in [0.25, 0.3) is 0 Å². The molecule has 5 rings (SSSR count). The Balaban J connectivity index is 1.28. The van der Waals surface area contributed by atoms with Gasteiger partial charge in [0, 0.05) is 24.7 Å². The molecule has 2 aromatic rings. The third-order valence-electron chi connectivity index (χ3n) is 8.64. The summed E-state index contributed by atoms with van der Waals surface area (Å²) in [4.78, 5) is 38.8. The lowest BCUT2D eigenvalue weighted by molar-refractivity contribution is -0.192. The van der Waals surface area contributed by atoms with E-state index in [9.17, 15) is 40.7 Å². The van der Waals surface area contributed by atoms with E-state index in [0.29, 0.717) is 25.2 Å². The zero-order chi connectivity index (χ0) is 33.3. The van der Waals surface area contributed by atoms with Gasteiger partial charge in [-0.3, -0.25) is 14.4 Å². The van der Waals surface area contributed by atoms with Gasteiger partial charge in [-0.1, -0.05) is 17.7 Å². The number of anilines is 1. The number of benzene rings is 2. The lowest BCUT2D eigenvalue weighted by Crippen LogP contribution is -2.40. The van der Waals surface area contributed by atoms with E-state index in [4.69, 9.17) is 21.1 Å². The number of carbonyl (C=O) groups is 3. The second-order valence-electron chi connectivity index (χ2n) is 11.9. The van der Waals surface area contributed by atoms with Crippen LogP contribution in [0.5, 0.6) is 5.75 Å². The fraction of sp³-hybridized carbons (Fsp3) is 0.516. The Morgan fingerprint density at radius 1 is 0.913 bits per heavy atom. The van der Waals surface area contributed by atoms with Crippen molar-refractivity contribution >= 4 is 35.0 Å². The van der Waals surface area contributed by atoms with Gasteiger partial charge in [-0.05, 0) is 74.4 Å². The first-order valence-corrected chi connectivity index (χ1v) is 15.2. The lowest BCUT2D eigenvalue weighted by Gasteiger charge is -2.30. The Morgan fingerprint density at radius 3 is 2.24 bits per heavy atom. The van der Waals surface area contributed by atoms with Crippen molar-refractivity contribution in [2.24, 2.45) is 11.3 Å². The molecule has 0 spiro atoms. The summed E-state index contributed by atoms with van der Waals surface area (Å²) in [5.41, 5.74) is -1.83. The highest BCUT2D eigenvalue weighted by molar-refractivity contribution is 6.34. The molecular weight excluding hydrogens is 644 g/mol. The number of carbonyl (C=O) groups excluding carboxylic acids is 3. The number of hydrogen-bond acceptors (Lipinski definition) is 5. The van der Waals surface area contributed by atoms with Crippen LogP contribution in [0.15, 0.2) is 36.4 Å². The first-order valence-electron chi connectivity index (χ1n) is 14.9. The third kappa shape index (κ3) is 7.71. The molecule has 0 aromatic heterocycles. The summed E-state index contributed by atoms with van der Waals surface area (Å²) < 4.78 is 90.4. The summed E-state index contributed by atoms with van der Waals surface area (Å²) in [7, 11) is 0. The number of ether oxygens (including phenoxy) is 2. The van der Waals surface area contributed by atoms with Gasteiger partial charge in [-0.2, -0.15) is 26.3 Å². The van der Waals surface area contributed by atoms with Gasteiger partial charge in [-0.25, -0.2) is 0 Å². The van der Waals surface area contributed by atoms with Crippen molar-refractivity contribution < 1.29 is 50.2 Å². The SMILES string of the molecule is O=C(Nc1ccc(OC2CCOC2)c(C(=O)NC2CCC(C(F)(F)F)CC2)c1)c1cc(CNC(=O)C2(C(F)(F)F)CC2)ccc1Cl. The molecule has 1 heterocycles. The second kappa shape index (κ2) is 13.3. The van der Waals surface area contributed by atoms with Gasteiger partial charge in [0.15, 0.2) is 0 Å². The zero-order valence-electron chi connectivity index (χ0n) is 24.5. The molecule has 8 nitrogen and oxygen atoms in total. The van der Waals surface area contributed by atoms with Gasteiger partial charge >= 0.3 is 12.4 Å². The van der Waals surface area contributed by atoms with Gasteiger partial charge in [0.1, 0.15) is 17.3 Å². The van der Waals surface area contributed by atoms with E-state index in [-0.39, 0.29) is 78.8 Å². The zero-order valence-corrected chi connectivity index (χ0v) is 25.2. The van der Waals surface area contributed by atoms with Gasteiger partial charge in [-0.15, -0.1) is 0 Å². The Bertz CT molecular complexity index is 1470. The number of hydrogen-bond donors (Lipinski definition) is 3. The fourth-order valence-electron chi connectivity index (χ4n) is 5.67. The predicted molar refractivity (Wildman–Crippen MR) is 155 cm³/mol. The monoisotopic (exact) mass is 675 g/mol. The maximum Gasteiger partial charge on any atom is 0.403 e.